The third kappa shape index (κ3) is 9.80. The van der Waals surface area contributed by atoms with Gasteiger partial charge in [0.25, 0.3) is 0 Å². The van der Waals surface area contributed by atoms with Gasteiger partial charge in [0.2, 0.25) is 0 Å². The zero-order chi connectivity index (χ0) is 10.1. The van der Waals surface area contributed by atoms with Crippen molar-refractivity contribution < 1.29 is 5.11 Å². The highest BCUT2D eigenvalue weighted by atomic mass is 16.2. The van der Waals surface area contributed by atoms with Crippen LogP contribution in [0.5, 0.6) is 0 Å². The van der Waals surface area contributed by atoms with E-state index in [0.717, 1.165) is 25.9 Å². The summed E-state index contributed by atoms with van der Waals surface area (Å²) < 4.78 is 0. The summed E-state index contributed by atoms with van der Waals surface area (Å²) >= 11 is 0. The predicted molar refractivity (Wildman–Crippen MR) is 56.9 cm³/mol. The van der Waals surface area contributed by atoms with E-state index in [0.29, 0.717) is 18.7 Å². The van der Waals surface area contributed by atoms with Gasteiger partial charge in [-0.1, -0.05) is 13.8 Å². The van der Waals surface area contributed by atoms with Gasteiger partial charge in [-0.25, -0.2) is 0 Å². The van der Waals surface area contributed by atoms with Gasteiger partial charge in [-0.2, -0.15) is 0 Å². The largest absolute Gasteiger partial charge is 0.396 e. The number of aliphatic hydroxyl groups is 1. The Morgan fingerprint density at radius 2 is 1.77 bits per heavy atom. The van der Waals surface area contributed by atoms with Crippen LogP contribution in [0.15, 0.2) is 0 Å². The van der Waals surface area contributed by atoms with Crippen LogP contribution in [0.1, 0.15) is 33.6 Å². The van der Waals surface area contributed by atoms with Crippen molar-refractivity contribution in [2.75, 3.05) is 19.7 Å². The number of nitrogens with one attached hydrogen (secondary N) is 2. The number of hydrogen-bond acceptors (Lipinski definition) is 3. The molecule has 0 aliphatic heterocycles. The van der Waals surface area contributed by atoms with Gasteiger partial charge in [0.1, 0.15) is 0 Å². The molecule has 0 spiro atoms. The van der Waals surface area contributed by atoms with Gasteiger partial charge < -0.3 is 15.7 Å². The molecule has 0 saturated heterocycles. The van der Waals surface area contributed by atoms with Crippen LogP contribution in [-0.4, -0.2) is 36.9 Å². The molecular weight excluding hydrogens is 164 g/mol. The first kappa shape index (κ1) is 12.9. The first-order chi connectivity index (χ1) is 6.16. The molecule has 13 heavy (non-hydrogen) atoms. The van der Waals surface area contributed by atoms with Crippen LogP contribution < -0.4 is 10.6 Å². The maximum absolute atomic E-state index is 8.57. The average molecular weight is 188 g/mol. The minimum absolute atomic E-state index is 0.306. The summed E-state index contributed by atoms with van der Waals surface area (Å²) in [7, 11) is 0. The summed E-state index contributed by atoms with van der Waals surface area (Å²) in [6.07, 6.45) is 1.96. The minimum Gasteiger partial charge on any atom is -0.396 e. The van der Waals surface area contributed by atoms with E-state index in [-0.39, 0.29) is 0 Å². The van der Waals surface area contributed by atoms with Crippen LogP contribution >= 0.6 is 0 Å². The summed E-state index contributed by atoms with van der Waals surface area (Å²) in [4.78, 5) is 0. The Morgan fingerprint density at radius 1 is 1.08 bits per heavy atom. The first-order valence-corrected chi connectivity index (χ1v) is 5.24. The number of aliphatic hydroxyl groups excluding tert-OH is 1. The van der Waals surface area contributed by atoms with E-state index in [1.54, 1.807) is 0 Å². The lowest BCUT2D eigenvalue weighted by atomic mass is 10.2. The van der Waals surface area contributed by atoms with Crippen LogP contribution in [-0.2, 0) is 0 Å². The lowest BCUT2D eigenvalue weighted by Gasteiger charge is -2.16. The summed E-state index contributed by atoms with van der Waals surface area (Å²) in [6.45, 7) is 8.80. The van der Waals surface area contributed by atoms with E-state index in [1.807, 2.05) is 0 Å². The smallest absolute Gasteiger partial charge is 0.0431 e. The second kappa shape index (κ2) is 8.48. The molecule has 1 atom stereocenters. The highest BCUT2D eigenvalue weighted by Crippen LogP contribution is 1.87. The molecule has 0 bridgehead atoms. The molecule has 3 N–H and O–H groups in total. The zero-order valence-corrected chi connectivity index (χ0v) is 9.14. The van der Waals surface area contributed by atoms with E-state index in [1.165, 1.54) is 0 Å². The SMILES string of the molecule is CC(C)NCC(C)NCCCCO. The molecular formula is C10H24N2O. The quantitative estimate of drug-likeness (QED) is 0.492. The van der Waals surface area contributed by atoms with Gasteiger partial charge in [0.15, 0.2) is 0 Å². The van der Waals surface area contributed by atoms with Crippen LogP contribution in [0.2, 0.25) is 0 Å². The van der Waals surface area contributed by atoms with Gasteiger partial charge >= 0.3 is 0 Å². The van der Waals surface area contributed by atoms with Crippen molar-refractivity contribution in [2.24, 2.45) is 0 Å². The minimum atomic E-state index is 0.306. The molecule has 0 rings (SSSR count). The highest BCUT2D eigenvalue weighted by molar-refractivity contribution is 4.65. The molecule has 3 nitrogen and oxygen atoms in total. The summed E-state index contributed by atoms with van der Waals surface area (Å²) in [5, 5.41) is 15.3. The van der Waals surface area contributed by atoms with Gasteiger partial charge in [-0.15, -0.1) is 0 Å². The molecule has 80 valence electrons. The summed E-state index contributed by atoms with van der Waals surface area (Å²) in [6, 6.07) is 1.07. The zero-order valence-electron chi connectivity index (χ0n) is 9.14. The van der Waals surface area contributed by atoms with Crippen molar-refractivity contribution in [1.29, 1.82) is 0 Å². The van der Waals surface area contributed by atoms with Gasteiger partial charge in [0, 0.05) is 25.2 Å². The summed E-state index contributed by atoms with van der Waals surface area (Å²) in [5.41, 5.74) is 0. The number of unbranched alkanes of at least 4 members (excludes halogenated alkanes) is 1. The van der Waals surface area contributed by atoms with Gasteiger partial charge in [-0.3, -0.25) is 0 Å². The van der Waals surface area contributed by atoms with E-state index >= 15 is 0 Å². The molecule has 0 aliphatic carbocycles. The molecule has 0 aromatic carbocycles. The molecule has 0 aliphatic rings. The fourth-order valence-electron chi connectivity index (χ4n) is 1.07. The molecule has 0 radical (unpaired) electrons. The fraction of sp³-hybridized carbons (Fsp3) is 1.00. The Kier molecular flexibility index (Phi) is 8.40. The lowest BCUT2D eigenvalue weighted by Crippen LogP contribution is -2.39. The Balaban J connectivity index is 3.15. The maximum Gasteiger partial charge on any atom is 0.0431 e. The molecule has 0 aromatic rings. The molecule has 0 heterocycles. The molecule has 1 unspecified atom stereocenters. The second-order valence-corrected chi connectivity index (χ2v) is 3.85. The standard InChI is InChI=1S/C10H24N2O/c1-9(2)12-8-10(3)11-6-4-5-7-13/h9-13H,4-8H2,1-3H3. The van der Waals surface area contributed by atoms with E-state index < -0.39 is 0 Å². The molecule has 3 heteroatoms. The van der Waals surface area contributed by atoms with E-state index in [4.69, 9.17) is 5.11 Å². The predicted octanol–water partition coefficient (Wildman–Crippen LogP) is 0.735. The van der Waals surface area contributed by atoms with Gasteiger partial charge in [-0.05, 0) is 26.3 Å². The summed E-state index contributed by atoms with van der Waals surface area (Å²) in [5.74, 6) is 0. The third-order valence-corrected chi connectivity index (χ3v) is 1.91. The van der Waals surface area contributed by atoms with Gasteiger partial charge in [0.05, 0.1) is 0 Å². The Bertz CT molecular complexity index is 107. The number of rotatable bonds is 8. The van der Waals surface area contributed by atoms with E-state index in [9.17, 15) is 0 Å². The normalized spacial score (nSPS) is 13.6. The van der Waals surface area contributed by atoms with Crippen molar-refractivity contribution in [1.82, 2.24) is 10.6 Å². The molecule has 0 aromatic heterocycles. The van der Waals surface area contributed by atoms with Crippen molar-refractivity contribution in [3.63, 3.8) is 0 Å². The van der Waals surface area contributed by atoms with Crippen LogP contribution in [0.25, 0.3) is 0 Å². The topological polar surface area (TPSA) is 44.3 Å². The number of hydrogen-bond donors (Lipinski definition) is 3. The Labute approximate surface area is 81.9 Å². The van der Waals surface area contributed by atoms with Crippen LogP contribution in [0.4, 0.5) is 0 Å². The molecule has 0 amide bonds. The van der Waals surface area contributed by atoms with Crippen molar-refractivity contribution in [3.05, 3.63) is 0 Å². The van der Waals surface area contributed by atoms with Crippen LogP contribution in [0.3, 0.4) is 0 Å². The highest BCUT2D eigenvalue weighted by Gasteiger charge is 2.00. The third-order valence-electron chi connectivity index (χ3n) is 1.91. The maximum atomic E-state index is 8.57. The second-order valence-electron chi connectivity index (χ2n) is 3.85. The molecule has 0 fully saturated rings. The lowest BCUT2D eigenvalue weighted by molar-refractivity contribution is 0.282. The van der Waals surface area contributed by atoms with Crippen molar-refractivity contribution in [3.8, 4) is 0 Å². The Hall–Kier alpha value is -0.120. The van der Waals surface area contributed by atoms with Crippen molar-refractivity contribution in [2.45, 2.75) is 45.7 Å². The first-order valence-electron chi connectivity index (χ1n) is 5.24. The fourth-order valence-corrected chi connectivity index (χ4v) is 1.07. The molecule has 0 saturated carbocycles. The monoisotopic (exact) mass is 188 g/mol. The average Bonchev–Trinajstić information content (AvgIpc) is 2.09. The Morgan fingerprint density at radius 3 is 2.31 bits per heavy atom. The van der Waals surface area contributed by atoms with E-state index in [2.05, 4.69) is 31.4 Å². The van der Waals surface area contributed by atoms with Crippen LogP contribution in [0, 0.1) is 0 Å². The van der Waals surface area contributed by atoms with Crippen molar-refractivity contribution >= 4 is 0 Å².